The van der Waals surface area contributed by atoms with Gasteiger partial charge in [0.1, 0.15) is 0 Å². The Morgan fingerprint density at radius 1 is 1.24 bits per heavy atom. The zero-order chi connectivity index (χ0) is 14.5. The summed E-state index contributed by atoms with van der Waals surface area (Å²) in [5.41, 5.74) is 3.01. The summed E-state index contributed by atoms with van der Waals surface area (Å²) in [6.07, 6.45) is 14.1. The van der Waals surface area contributed by atoms with Gasteiger partial charge in [0.2, 0.25) is 0 Å². The summed E-state index contributed by atoms with van der Waals surface area (Å²) in [5.74, 6) is 2.65. The van der Waals surface area contributed by atoms with Crippen molar-refractivity contribution in [3.8, 4) is 12.3 Å². The Labute approximate surface area is 126 Å². The van der Waals surface area contributed by atoms with Gasteiger partial charge in [-0.05, 0) is 37.1 Å². The molecule has 1 aliphatic carbocycles. The van der Waals surface area contributed by atoms with Crippen LogP contribution in [0.1, 0.15) is 49.4 Å². The minimum absolute atomic E-state index is 0.595. The van der Waals surface area contributed by atoms with E-state index in [1.54, 1.807) is 0 Å². The molecule has 0 radical (unpaired) electrons. The molecule has 0 aliphatic heterocycles. The van der Waals surface area contributed by atoms with Crippen molar-refractivity contribution >= 4 is 5.69 Å². The standard InChI is InChI=1S/C18H21N3/c1-2-15-7-6-8-16(13-15)19-14-17-11-12-21(20-17)18-9-4-3-5-10-18/h1,6-8,11-13,18-19H,3-5,9-10,14H2. The first-order valence-corrected chi connectivity index (χ1v) is 7.70. The van der Waals surface area contributed by atoms with Crippen LogP contribution < -0.4 is 5.32 Å². The molecule has 108 valence electrons. The summed E-state index contributed by atoms with van der Waals surface area (Å²) < 4.78 is 2.15. The first kappa shape index (κ1) is 13.8. The average Bonchev–Trinajstić information content (AvgIpc) is 3.03. The number of terminal acetylenes is 1. The van der Waals surface area contributed by atoms with Gasteiger partial charge in [0.15, 0.2) is 0 Å². The van der Waals surface area contributed by atoms with Crippen molar-refractivity contribution in [2.24, 2.45) is 0 Å². The second-order valence-electron chi connectivity index (χ2n) is 5.66. The molecule has 1 aromatic carbocycles. The van der Waals surface area contributed by atoms with Gasteiger partial charge in [-0.2, -0.15) is 5.10 Å². The Morgan fingerprint density at radius 3 is 2.90 bits per heavy atom. The molecule has 1 N–H and O–H groups in total. The highest BCUT2D eigenvalue weighted by atomic mass is 15.3. The number of nitrogens with zero attached hydrogens (tertiary/aromatic N) is 2. The first-order valence-electron chi connectivity index (χ1n) is 7.70. The van der Waals surface area contributed by atoms with E-state index in [9.17, 15) is 0 Å². The number of benzene rings is 1. The molecule has 21 heavy (non-hydrogen) atoms. The Bertz CT molecular complexity index is 630. The van der Waals surface area contributed by atoms with Gasteiger partial charge in [-0.1, -0.05) is 31.2 Å². The van der Waals surface area contributed by atoms with Gasteiger partial charge in [-0.25, -0.2) is 0 Å². The highest BCUT2D eigenvalue weighted by molar-refractivity contribution is 5.50. The van der Waals surface area contributed by atoms with E-state index in [1.165, 1.54) is 32.1 Å². The van der Waals surface area contributed by atoms with E-state index in [-0.39, 0.29) is 0 Å². The molecule has 1 aromatic heterocycles. The lowest BCUT2D eigenvalue weighted by molar-refractivity contribution is 0.328. The fourth-order valence-electron chi connectivity index (χ4n) is 2.93. The summed E-state index contributed by atoms with van der Waals surface area (Å²) in [4.78, 5) is 0. The number of rotatable bonds is 4. The fourth-order valence-corrected chi connectivity index (χ4v) is 2.93. The molecule has 0 saturated heterocycles. The molecular formula is C18H21N3. The third kappa shape index (κ3) is 3.46. The maximum absolute atomic E-state index is 5.42. The van der Waals surface area contributed by atoms with Gasteiger partial charge in [0, 0.05) is 17.4 Å². The lowest BCUT2D eigenvalue weighted by Crippen LogP contribution is -2.13. The number of hydrogen-bond donors (Lipinski definition) is 1. The van der Waals surface area contributed by atoms with Gasteiger partial charge < -0.3 is 5.32 Å². The molecule has 1 saturated carbocycles. The van der Waals surface area contributed by atoms with Crippen LogP contribution in [0.25, 0.3) is 0 Å². The van der Waals surface area contributed by atoms with E-state index >= 15 is 0 Å². The highest BCUT2D eigenvalue weighted by Gasteiger charge is 2.15. The third-order valence-corrected chi connectivity index (χ3v) is 4.12. The molecule has 3 heteroatoms. The van der Waals surface area contributed by atoms with Gasteiger partial charge in [-0.15, -0.1) is 6.42 Å². The van der Waals surface area contributed by atoms with E-state index in [1.807, 2.05) is 24.3 Å². The van der Waals surface area contributed by atoms with E-state index in [2.05, 4.69) is 28.2 Å². The molecule has 0 amide bonds. The van der Waals surface area contributed by atoms with E-state index in [0.717, 1.165) is 23.5 Å². The molecule has 1 aliphatic rings. The quantitative estimate of drug-likeness (QED) is 0.858. The monoisotopic (exact) mass is 279 g/mol. The topological polar surface area (TPSA) is 29.9 Å². The zero-order valence-corrected chi connectivity index (χ0v) is 12.3. The lowest BCUT2D eigenvalue weighted by atomic mass is 9.96. The van der Waals surface area contributed by atoms with Crippen molar-refractivity contribution < 1.29 is 0 Å². The second kappa shape index (κ2) is 6.49. The summed E-state index contributed by atoms with van der Waals surface area (Å²) in [6.45, 7) is 0.730. The van der Waals surface area contributed by atoms with Crippen LogP contribution in [0.5, 0.6) is 0 Å². The van der Waals surface area contributed by atoms with Crippen LogP contribution in [0.3, 0.4) is 0 Å². The maximum Gasteiger partial charge on any atom is 0.0815 e. The number of hydrogen-bond acceptors (Lipinski definition) is 2. The zero-order valence-electron chi connectivity index (χ0n) is 12.3. The minimum Gasteiger partial charge on any atom is -0.379 e. The van der Waals surface area contributed by atoms with Crippen molar-refractivity contribution in [2.75, 3.05) is 5.32 Å². The van der Waals surface area contributed by atoms with Crippen LogP contribution in [0.15, 0.2) is 36.5 Å². The Morgan fingerprint density at radius 2 is 2.10 bits per heavy atom. The summed E-state index contributed by atoms with van der Waals surface area (Å²) in [6, 6.07) is 10.6. The van der Waals surface area contributed by atoms with E-state index in [0.29, 0.717) is 6.04 Å². The molecule has 3 rings (SSSR count). The molecule has 1 fully saturated rings. The molecule has 0 atom stereocenters. The lowest BCUT2D eigenvalue weighted by Gasteiger charge is -2.21. The van der Waals surface area contributed by atoms with Crippen LogP contribution in [0.2, 0.25) is 0 Å². The van der Waals surface area contributed by atoms with Crippen molar-refractivity contribution in [3.05, 3.63) is 47.8 Å². The predicted molar refractivity (Wildman–Crippen MR) is 86.1 cm³/mol. The Hall–Kier alpha value is -2.21. The number of aromatic nitrogens is 2. The van der Waals surface area contributed by atoms with Gasteiger partial charge >= 0.3 is 0 Å². The smallest absolute Gasteiger partial charge is 0.0815 e. The maximum atomic E-state index is 5.42. The Balaban J connectivity index is 1.60. The SMILES string of the molecule is C#Cc1cccc(NCc2ccn(C3CCCCC3)n2)c1. The molecular weight excluding hydrogens is 258 g/mol. The predicted octanol–water partition coefficient (Wildman–Crippen LogP) is 3.98. The molecule has 2 aromatic rings. The largest absolute Gasteiger partial charge is 0.379 e. The van der Waals surface area contributed by atoms with Crippen LogP contribution in [0.4, 0.5) is 5.69 Å². The van der Waals surface area contributed by atoms with Gasteiger partial charge in [0.25, 0.3) is 0 Å². The average molecular weight is 279 g/mol. The minimum atomic E-state index is 0.595. The van der Waals surface area contributed by atoms with E-state index < -0.39 is 0 Å². The van der Waals surface area contributed by atoms with Crippen molar-refractivity contribution in [1.29, 1.82) is 0 Å². The molecule has 3 nitrogen and oxygen atoms in total. The second-order valence-corrected chi connectivity index (χ2v) is 5.66. The summed E-state index contributed by atoms with van der Waals surface area (Å²) in [7, 11) is 0. The Kier molecular flexibility index (Phi) is 4.25. The molecule has 0 bridgehead atoms. The molecule has 0 spiro atoms. The number of nitrogens with one attached hydrogen (secondary N) is 1. The van der Waals surface area contributed by atoms with Gasteiger partial charge in [0.05, 0.1) is 18.3 Å². The fraction of sp³-hybridized carbons (Fsp3) is 0.389. The molecule has 1 heterocycles. The normalized spacial score (nSPS) is 15.6. The third-order valence-electron chi connectivity index (χ3n) is 4.12. The van der Waals surface area contributed by atoms with Crippen molar-refractivity contribution in [1.82, 2.24) is 9.78 Å². The van der Waals surface area contributed by atoms with Crippen molar-refractivity contribution in [2.45, 2.75) is 44.7 Å². The summed E-state index contributed by atoms with van der Waals surface area (Å²) >= 11 is 0. The highest BCUT2D eigenvalue weighted by Crippen LogP contribution is 2.27. The van der Waals surface area contributed by atoms with Gasteiger partial charge in [-0.3, -0.25) is 4.68 Å². The van der Waals surface area contributed by atoms with Crippen molar-refractivity contribution in [3.63, 3.8) is 0 Å². The van der Waals surface area contributed by atoms with Crippen LogP contribution in [-0.2, 0) is 6.54 Å². The van der Waals surface area contributed by atoms with Crippen LogP contribution in [0, 0.1) is 12.3 Å². The first-order chi connectivity index (χ1) is 10.3. The summed E-state index contributed by atoms with van der Waals surface area (Å²) in [5, 5.41) is 8.09. The number of anilines is 1. The van der Waals surface area contributed by atoms with Crippen LogP contribution >= 0.6 is 0 Å². The van der Waals surface area contributed by atoms with Crippen LogP contribution in [-0.4, -0.2) is 9.78 Å². The van der Waals surface area contributed by atoms with E-state index in [4.69, 9.17) is 11.5 Å². The molecule has 0 unspecified atom stereocenters.